The summed E-state index contributed by atoms with van der Waals surface area (Å²) >= 11 is 0. The zero-order valence-electron chi connectivity index (χ0n) is 44.4. The fraction of sp³-hybridized carbons (Fsp3) is 0.957. The van der Waals surface area contributed by atoms with Gasteiger partial charge in [-0.15, -0.1) is 0 Å². The van der Waals surface area contributed by atoms with E-state index in [1.165, 1.54) is 13.8 Å². The third-order valence-electron chi connectivity index (χ3n) is 15.3. The molecule has 7 saturated heterocycles. The summed E-state index contributed by atoms with van der Waals surface area (Å²) in [5, 5.41) is 211. The van der Waals surface area contributed by atoms with Crippen LogP contribution in [-0.2, 0) is 71.2 Å². The summed E-state index contributed by atoms with van der Waals surface area (Å²) in [4.78, 5) is 26.2. The lowest BCUT2D eigenvalue weighted by atomic mass is 9.93. The van der Waals surface area contributed by atoms with Crippen LogP contribution >= 0.6 is 0 Å². The van der Waals surface area contributed by atoms with Gasteiger partial charge in [0.05, 0.1) is 45.2 Å². The lowest BCUT2D eigenvalue weighted by molar-refractivity contribution is -0.403. The molecular weight excluding hydrogens is 1120 g/mol. The van der Waals surface area contributed by atoms with Gasteiger partial charge in [0.2, 0.25) is 11.8 Å². The number of hydrogen-bond donors (Lipinski definition) is 21. The van der Waals surface area contributed by atoms with Crippen LogP contribution in [0.5, 0.6) is 0 Å². The standard InChI is InChI=1S/C46H78N2O34/c1-10-21(56)26(61)30(65)42(70-10)79-36-19(47-12(3)54)40(69)72-17(8-52)34(36)77-41-20(48-13(4)55)37(80-46-39(29(64)22(57)11(2)71-46)82-44-32(67)28(63)24(59)15(6-50)74-44)35(18(9-53)76-41)78-45-33(68)38(25(60)16(7-51)75-45)81-43-31(66)27(62)23(58)14(5-49)73-43/h10-11,14-46,49-53,56-69H,5-9H2,1-4H3,(H,47,54)(H,48,55)/t10-,11-,14+,15+,16+,17+,18+,19+,20+,21+,22+,23+,24-,25+,26+,27-,28-,29+,30-,31-,32+,33-,34+,35+,36+,37+,38-,39-,40+,41-,42-,43+,44?,45-,46-/m0/s1. The minimum absolute atomic E-state index is 0.825. The molecule has 0 radical (unpaired) electrons. The highest BCUT2D eigenvalue weighted by Gasteiger charge is 2.60. The molecule has 7 rings (SSSR count). The van der Waals surface area contributed by atoms with E-state index in [1.54, 1.807) is 0 Å². The lowest BCUT2D eigenvalue weighted by Gasteiger charge is -2.53. The van der Waals surface area contributed by atoms with Crippen LogP contribution in [0.2, 0.25) is 0 Å². The fourth-order valence-corrected chi connectivity index (χ4v) is 10.7. The molecule has 21 N–H and O–H groups in total. The van der Waals surface area contributed by atoms with Crippen molar-refractivity contribution in [2.45, 2.75) is 243 Å². The summed E-state index contributed by atoms with van der Waals surface area (Å²) in [6.45, 7) is -0.665. The number of aliphatic hydroxyl groups is 19. The maximum Gasteiger partial charge on any atom is 0.217 e. The largest absolute Gasteiger partial charge is 0.394 e. The van der Waals surface area contributed by atoms with Gasteiger partial charge in [-0.25, -0.2) is 0 Å². The number of carbonyl (C=O) groups is 2. The Kier molecular flexibility index (Phi) is 23.5. The van der Waals surface area contributed by atoms with Gasteiger partial charge in [0.25, 0.3) is 0 Å². The Morgan fingerprint density at radius 2 is 0.646 bits per heavy atom. The molecule has 476 valence electrons. The molecular formula is C46H78N2O34. The number of ether oxygens (including phenoxy) is 13. The highest BCUT2D eigenvalue weighted by Crippen LogP contribution is 2.39. The van der Waals surface area contributed by atoms with Gasteiger partial charge in [-0.05, 0) is 13.8 Å². The van der Waals surface area contributed by atoms with Crippen LogP contribution in [-0.4, -0.2) is 357 Å². The van der Waals surface area contributed by atoms with E-state index in [9.17, 15) is 107 Å². The normalized spacial score (nSPS) is 51.3. The smallest absolute Gasteiger partial charge is 0.217 e. The fourth-order valence-electron chi connectivity index (χ4n) is 10.7. The molecule has 1 unspecified atom stereocenters. The molecule has 0 spiro atoms. The first-order valence-electron chi connectivity index (χ1n) is 26.3. The lowest BCUT2D eigenvalue weighted by Crippen LogP contribution is -2.72. The van der Waals surface area contributed by atoms with E-state index in [1.807, 2.05) is 0 Å². The highest BCUT2D eigenvalue weighted by atomic mass is 16.8. The van der Waals surface area contributed by atoms with Crippen molar-refractivity contribution >= 4 is 11.8 Å². The van der Waals surface area contributed by atoms with Gasteiger partial charge in [0.15, 0.2) is 44.0 Å². The van der Waals surface area contributed by atoms with Crippen LogP contribution in [0.25, 0.3) is 0 Å². The number of aliphatic hydroxyl groups excluding tert-OH is 19. The molecule has 0 saturated carbocycles. The second kappa shape index (κ2) is 28.7. The minimum Gasteiger partial charge on any atom is -0.394 e. The van der Waals surface area contributed by atoms with Crippen molar-refractivity contribution in [3.8, 4) is 0 Å². The van der Waals surface area contributed by atoms with Crippen molar-refractivity contribution in [2.24, 2.45) is 0 Å². The van der Waals surface area contributed by atoms with Gasteiger partial charge in [-0.3, -0.25) is 9.59 Å². The summed E-state index contributed by atoms with van der Waals surface area (Å²) in [7, 11) is 0. The third kappa shape index (κ3) is 14.1. The molecule has 0 aromatic heterocycles. The van der Waals surface area contributed by atoms with Crippen molar-refractivity contribution in [2.75, 3.05) is 33.0 Å². The van der Waals surface area contributed by atoms with E-state index in [0.29, 0.717) is 0 Å². The Morgan fingerprint density at radius 3 is 1.13 bits per heavy atom. The quantitative estimate of drug-likeness (QED) is 0.0571. The van der Waals surface area contributed by atoms with E-state index in [0.717, 1.165) is 13.8 Å². The van der Waals surface area contributed by atoms with Gasteiger partial charge >= 0.3 is 0 Å². The van der Waals surface area contributed by atoms with Crippen LogP contribution in [0.4, 0.5) is 0 Å². The van der Waals surface area contributed by atoms with Gasteiger partial charge in [-0.1, -0.05) is 0 Å². The van der Waals surface area contributed by atoms with Gasteiger partial charge in [0.1, 0.15) is 159 Å². The van der Waals surface area contributed by atoms with Crippen molar-refractivity contribution in [1.82, 2.24) is 10.6 Å². The molecule has 82 heavy (non-hydrogen) atoms. The summed E-state index contributed by atoms with van der Waals surface area (Å²) in [5.74, 6) is -1.78. The van der Waals surface area contributed by atoms with Gasteiger partial charge in [0, 0.05) is 13.8 Å². The molecule has 2 amide bonds. The van der Waals surface area contributed by atoms with Crippen molar-refractivity contribution < 1.29 is 168 Å². The number of hydrogen-bond acceptors (Lipinski definition) is 34. The van der Waals surface area contributed by atoms with Crippen molar-refractivity contribution in [3.63, 3.8) is 0 Å². The first-order chi connectivity index (χ1) is 38.7. The van der Waals surface area contributed by atoms with Crippen LogP contribution in [0, 0.1) is 0 Å². The first kappa shape index (κ1) is 67.2. The molecule has 35 atom stereocenters. The minimum atomic E-state index is -2.30. The topological polar surface area (TPSA) is 563 Å². The Balaban J connectivity index is 1.31. The summed E-state index contributed by atoms with van der Waals surface area (Å²) < 4.78 is 77.5. The highest BCUT2D eigenvalue weighted by molar-refractivity contribution is 5.73. The number of rotatable bonds is 19. The van der Waals surface area contributed by atoms with Gasteiger partial charge < -0.3 is 169 Å². The molecule has 36 heteroatoms. The number of nitrogens with one attached hydrogen (secondary N) is 2. The molecule has 7 aliphatic rings. The Labute approximate surface area is 465 Å². The van der Waals surface area contributed by atoms with Crippen LogP contribution in [0.15, 0.2) is 0 Å². The van der Waals surface area contributed by atoms with Crippen LogP contribution < -0.4 is 10.6 Å². The van der Waals surface area contributed by atoms with Crippen molar-refractivity contribution in [1.29, 1.82) is 0 Å². The van der Waals surface area contributed by atoms with Crippen molar-refractivity contribution in [3.05, 3.63) is 0 Å². The summed E-state index contributed by atoms with van der Waals surface area (Å²) in [5.41, 5.74) is 0. The second-order valence-corrected chi connectivity index (χ2v) is 21.0. The van der Waals surface area contributed by atoms with E-state index in [4.69, 9.17) is 61.6 Å². The Morgan fingerprint density at radius 1 is 0.317 bits per heavy atom. The maximum atomic E-state index is 13.5. The number of carbonyl (C=O) groups excluding carboxylic acids is 2. The molecule has 0 aromatic carbocycles. The van der Waals surface area contributed by atoms with E-state index < -0.39 is 260 Å². The SMILES string of the molecule is CC(=O)N[C@@H]1[C@@H](O[C@@H]2O[C@@H](C)[C@@H](O)[C@@H](O)[C@@H]2O)[C@H](O[C@@H]2O[C@H](CO)[C@@H](O[C@@H]3O[C@H](CO)[C@@H](O)[C@H](O[C@H]4O[C@H](CO)[C@@H](O)[C@H](O)[C@@H]4O)[C@@H]3O)[C@H](O[C@@H]3O[C@@H](C)[C@@H](O)[C@@H](O)[C@@H]3OC3O[C@H](CO)[C@H](O)[C@H](O)[C@H]3O)[C@H]2NC(C)=O)[C@@H](CO)O[C@H]1O. The average molecular weight is 1200 g/mol. The zero-order valence-corrected chi connectivity index (χ0v) is 44.4. The summed E-state index contributed by atoms with van der Waals surface area (Å²) in [6, 6.07) is -3.70. The molecule has 7 aliphatic heterocycles. The van der Waals surface area contributed by atoms with Crippen LogP contribution in [0.3, 0.4) is 0 Å². The van der Waals surface area contributed by atoms with E-state index in [2.05, 4.69) is 10.6 Å². The zero-order chi connectivity index (χ0) is 60.5. The van der Waals surface area contributed by atoms with Gasteiger partial charge in [-0.2, -0.15) is 0 Å². The molecule has 36 nitrogen and oxygen atoms in total. The molecule has 0 bridgehead atoms. The predicted octanol–water partition coefficient (Wildman–Crippen LogP) is -13.9. The van der Waals surface area contributed by atoms with E-state index in [-0.39, 0.29) is 0 Å². The Bertz CT molecular complexity index is 2030. The number of amides is 2. The van der Waals surface area contributed by atoms with Crippen LogP contribution in [0.1, 0.15) is 27.7 Å². The predicted molar refractivity (Wildman–Crippen MR) is 252 cm³/mol. The maximum absolute atomic E-state index is 13.5. The Hall–Kier alpha value is -2.34. The molecule has 7 heterocycles. The first-order valence-corrected chi connectivity index (χ1v) is 26.3. The summed E-state index contributed by atoms with van der Waals surface area (Å²) in [6.07, 6.45) is -64.0. The monoisotopic (exact) mass is 1200 g/mol. The second-order valence-electron chi connectivity index (χ2n) is 21.0. The van der Waals surface area contributed by atoms with E-state index >= 15 is 0 Å². The third-order valence-corrected chi connectivity index (χ3v) is 15.3. The average Bonchev–Trinajstić information content (AvgIpc) is 2.40. The molecule has 0 aliphatic carbocycles. The molecule has 7 fully saturated rings. The molecule has 0 aromatic rings.